The quantitative estimate of drug-likeness (QED) is 0.359. The third-order valence-corrected chi connectivity index (χ3v) is 4.19. The van der Waals surface area contributed by atoms with Crippen molar-refractivity contribution < 1.29 is 0 Å². The third-order valence-electron chi connectivity index (χ3n) is 4.19. The second kappa shape index (κ2) is 9.42. The van der Waals surface area contributed by atoms with Gasteiger partial charge >= 0.3 is 0 Å². The molecule has 0 spiro atoms. The molecule has 0 amide bonds. The monoisotopic (exact) mass is 464 g/mol. The summed E-state index contributed by atoms with van der Waals surface area (Å²) in [6.07, 6.45) is 7.59. The molecule has 0 fully saturated rings. The number of halogens is 1. The Morgan fingerprint density at radius 2 is 2.08 bits per heavy atom. The number of rotatable bonds is 5. The topological polar surface area (TPSA) is 50.4 Å². The summed E-state index contributed by atoms with van der Waals surface area (Å²) in [6, 6.07) is 12.6. The molecule has 2 aromatic heterocycles. The fraction of sp³-hybridized carbons (Fsp3) is 0.263. The first kappa shape index (κ1) is 20.0. The molecule has 0 aliphatic carbocycles. The van der Waals surface area contributed by atoms with Crippen molar-refractivity contribution in [1.29, 1.82) is 0 Å². The first-order valence-electron chi connectivity index (χ1n) is 8.26. The predicted molar refractivity (Wildman–Crippen MR) is 116 cm³/mol. The summed E-state index contributed by atoms with van der Waals surface area (Å²) in [7, 11) is 5.91. The van der Waals surface area contributed by atoms with Gasteiger partial charge in [-0.3, -0.25) is 4.99 Å². The summed E-state index contributed by atoms with van der Waals surface area (Å²) >= 11 is 0. The molecule has 0 unspecified atom stereocenters. The molecule has 0 atom stereocenters. The van der Waals surface area contributed by atoms with Crippen LogP contribution in [0.3, 0.4) is 0 Å². The minimum atomic E-state index is 0. The Morgan fingerprint density at radius 3 is 2.73 bits per heavy atom. The molecule has 138 valence electrons. The van der Waals surface area contributed by atoms with Crippen LogP contribution in [0.5, 0.6) is 0 Å². The number of benzene rings is 1. The van der Waals surface area contributed by atoms with E-state index in [-0.39, 0.29) is 24.0 Å². The van der Waals surface area contributed by atoms with Gasteiger partial charge < -0.3 is 19.4 Å². The molecule has 3 rings (SSSR count). The number of hydrogen-bond acceptors (Lipinski definition) is 2. The maximum Gasteiger partial charge on any atom is 0.194 e. The van der Waals surface area contributed by atoms with Crippen LogP contribution in [0.15, 0.2) is 66.3 Å². The van der Waals surface area contributed by atoms with Crippen molar-refractivity contribution in [3.05, 3.63) is 72.6 Å². The number of nitrogens with zero attached hydrogens (tertiary/aromatic N) is 5. The first-order chi connectivity index (χ1) is 12.2. The Balaban J connectivity index is 0.00000243. The van der Waals surface area contributed by atoms with E-state index in [0.717, 1.165) is 18.2 Å². The molecule has 0 bridgehead atoms. The minimum absolute atomic E-state index is 0. The number of guanidine groups is 1. The predicted octanol–water partition coefficient (Wildman–Crippen LogP) is 3.04. The highest BCUT2D eigenvalue weighted by molar-refractivity contribution is 14.0. The van der Waals surface area contributed by atoms with E-state index in [0.29, 0.717) is 6.54 Å². The summed E-state index contributed by atoms with van der Waals surface area (Å²) in [4.78, 5) is 10.6. The van der Waals surface area contributed by atoms with Crippen LogP contribution in [-0.2, 0) is 20.1 Å². The van der Waals surface area contributed by atoms with E-state index >= 15 is 0 Å². The molecule has 0 aliphatic heterocycles. The van der Waals surface area contributed by atoms with E-state index in [9.17, 15) is 0 Å². The fourth-order valence-electron chi connectivity index (χ4n) is 2.78. The molecule has 0 radical (unpaired) electrons. The number of nitrogens with one attached hydrogen (secondary N) is 1. The van der Waals surface area contributed by atoms with Crippen molar-refractivity contribution in [2.45, 2.75) is 13.1 Å². The highest BCUT2D eigenvalue weighted by atomic mass is 127. The van der Waals surface area contributed by atoms with E-state index in [1.165, 1.54) is 11.3 Å². The van der Waals surface area contributed by atoms with E-state index in [1.807, 2.05) is 24.9 Å². The van der Waals surface area contributed by atoms with Crippen LogP contribution in [0.4, 0.5) is 0 Å². The van der Waals surface area contributed by atoms with Gasteiger partial charge in [-0.15, -0.1) is 24.0 Å². The number of imidazole rings is 1. The van der Waals surface area contributed by atoms with Crippen LogP contribution in [0.1, 0.15) is 11.3 Å². The fourth-order valence-corrected chi connectivity index (χ4v) is 2.78. The molecule has 0 saturated heterocycles. The summed E-state index contributed by atoms with van der Waals surface area (Å²) in [5.41, 5.74) is 3.54. The van der Waals surface area contributed by atoms with Gasteiger partial charge in [0.1, 0.15) is 0 Å². The number of hydrogen-bond donors (Lipinski definition) is 1. The van der Waals surface area contributed by atoms with Gasteiger partial charge in [0, 0.05) is 57.7 Å². The zero-order valence-electron chi connectivity index (χ0n) is 15.3. The van der Waals surface area contributed by atoms with Gasteiger partial charge in [0.2, 0.25) is 0 Å². The lowest BCUT2D eigenvalue weighted by Gasteiger charge is -2.22. The lowest BCUT2D eigenvalue weighted by atomic mass is 10.2. The van der Waals surface area contributed by atoms with Crippen molar-refractivity contribution in [3.63, 3.8) is 0 Å². The molecule has 0 aliphatic rings. The zero-order chi connectivity index (χ0) is 17.6. The Hall–Kier alpha value is -2.29. The molecule has 0 saturated carbocycles. The summed E-state index contributed by atoms with van der Waals surface area (Å²) in [5, 5.41) is 3.43. The van der Waals surface area contributed by atoms with Gasteiger partial charge in [0.05, 0.1) is 12.9 Å². The first-order valence-corrected chi connectivity index (χ1v) is 8.26. The van der Waals surface area contributed by atoms with Crippen LogP contribution in [-0.4, -0.2) is 39.1 Å². The molecule has 26 heavy (non-hydrogen) atoms. The molecular formula is C19H25IN6. The highest BCUT2D eigenvalue weighted by Crippen LogP contribution is 2.10. The molecule has 6 nitrogen and oxygen atoms in total. The molecule has 7 heteroatoms. The Bertz CT molecular complexity index is 837. The van der Waals surface area contributed by atoms with E-state index in [2.05, 4.69) is 74.4 Å². The van der Waals surface area contributed by atoms with Gasteiger partial charge in [0.15, 0.2) is 5.96 Å². The van der Waals surface area contributed by atoms with Crippen LogP contribution in [0, 0.1) is 0 Å². The number of aryl methyl sites for hydroxylation is 1. The second-order valence-corrected chi connectivity index (χ2v) is 6.01. The highest BCUT2D eigenvalue weighted by Gasteiger charge is 2.08. The summed E-state index contributed by atoms with van der Waals surface area (Å²) < 4.78 is 4.12. The Labute approximate surface area is 171 Å². The van der Waals surface area contributed by atoms with E-state index in [4.69, 9.17) is 0 Å². The normalized spacial score (nSPS) is 11.1. The van der Waals surface area contributed by atoms with Crippen molar-refractivity contribution in [2.75, 3.05) is 14.1 Å². The van der Waals surface area contributed by atoms with Crippen molar-refractivity contribution in [3.8, 4) is 5.69 Å². The van der Waals surface area contributed by atoms with Gasteiger partial charge in [-0.05, 0) is 29.8 Å². The van der Waals surface area contributed by atoms with Crippen molar-refractivity contribution in [1.82, 2.24) is 24.3 Å². The standard InChI is InChI=1S/C19H24N6.HI/c1-20-19(24(3)14-18-8-5-10-23(18)2)22-13-16-6-4-7-17(12-16)25-11-9-21-15-25;/h4-12,15H,13-14H2,1-3H3,(H,20,22);1H. The van der Waals surface area contributed by atoms with Crippen LogP contribution in [0.25, 0.3) is 5.69 Å². The lowest BCUT2D eigenvalue weighted by Crippen LogP contribution is -2.38. The van der Waals surface area contributed by atoms with E-state index < -0.39 is 0 Å². The number of aliphatic imine (C=N–C) groups is 1. The SMILES string of the molecule is CN=C(NCc1cccc(-n2ccnc2)c1)N(C)Cc1cccn1C.I. The van der Waals surface area contributed by atoms with Gasteiger partial charge in [-0.2, -0.15) is 0 Å². The van der Waals surface area contributed by atoms with Crippen molar-refractivity contribution >= 4 is 29.9 Å². The molecule has 1 N–H and O–H groups in total. The smallest absolute Gasteiger partial charge is 0.194 e. The maximum atomic E-state index is 4.39. The third kappa shape index (κ3) is 4.87. The van der Waals surface area contributed by atoms with Gasteiger partial charge in [0.25, 0.3) is 0 Å². The largest absolute Gasteiger partial charge is 0.353 e. The van der Waals surface area contributed by atoms with Crippen LogP contribution < -0.4 is 5.32 Å². The summed E-state index contributed by atoms with van der Waals surface area (Å²) in [6.45, 7) is 1.52. The summed E-state index contributed by atoms with van der Waals surface area (Å²) in [5.74, 6) is 0.870. The zero-order valence-corrected chi connectivity index (χ0v) is 17.7. The Kier molecular flexibility index (Phi) is 7.26. The average molecular weight is 464 g/mol. The molecule has 3 aromatic rings. The van der Waals surface area contributed by atoms with Gasteiger partial charge in [-0.25, -0.2) is 4.98 Å². The average Bonchev–Trinajstić information content (AvgIpc) is 3.28. The number of aromatic nitrogens is 3. The lowest BCUT2D eigenvalue weighted by molar-refractivity contribution is 0.461. The Morgan fingerprint density at radius 1 is 1.23 bits per heavy atom. The van der Waals surface area contributed by atoms with Gasteiger partial charge in [-0.1, -0.05) is 12.1 Å². The minimum Gasteiger partial charge on any atom is -0.353 e. The van der Waals surface area contributed by atoms with Crippen molar-refractivity contribution in [2.24, 2.45) is 12.0 Å². The van der Waals surface area contributed by atoms with E-state index in [1.54, 1.807) is 12.5 Å². The second-order valence-electron chi connectivity index (χ2n) is 6.01. The maximum absolute atomic E-state index is 4.39. The van der Waals surface area contributed by atoms with Crippen LogP contribution >= 0.6 is 24.0 Å². The van der Waals surface area contributed by atoms with Crippen LogP contribution in [0.2, 0.25) is 0 Å². The molecule has 2 heterocycles. The molecular weight excluding hydrogens is 439 g/mol. The molecule has 1 aromatic carbocycles.